The molecule has 0 N–H and O–H groups in total. The van der Waals surface area contributed by atoms with Gasteiger partial charge in [-0.15, -0.1) is 0 Å². The maximum atomic E-state index is 14.2. The average Bonchev–Trinajstić information content (AvgIpc) is 3.36. The first-order chi connectivity index (χ1) is 11.6. The van der Waals surface area contributed by atoms with Gasteiger partial charge in [0.1, 0.15) is 6.61 Å². The van der Waals surface area contributed by atoms with Crippen molar-refractivity contribution in [1.29, 1.82) is 0 Å². The van der Waals surface area contributed by atoms with Gasteiger partial charge in [0, 0.05) is 0 Å². The van der Waals surface area contributed by atoms with Gasteiger partial charge in [0.05, 0.1) is 12.5 Å². The highest BCUT2D eigenvalue weighted by Crippen LogP contribution is 2.49. The van der Waals surface area contributed by atoms with Gasteiger partial charge in [-0.05, 0) is 42.5 Å². The third kappa shape index (κ3) is 3.55. The number of ether oxygens (including phenoxy) is 2. The van der Waals surface area contributed by atoms with Crippen LogP contribution in [0.5, 0.6) is 5.75 Å². The Balaban J connectivity index is 1.69. The molecule has 1 fully saturated rings. The van der Waals surface area contributed by atoms with Crippen LogP contribution in [-0.2, 0) is 16.1 Å². The lowest BCUT2D eigenvalue weighted by Crippen LogP contribution is -2.07. The van der Waals surface area contributed by atoms with E-state index in [-0.39, 0.29) is 24.4 Å². The first-order valence-electron chi connectivity index (χ1n) is 7.92. The van der Waals surface area contributed by atoms with Crippen LogP contribution in [0.2, 0.25) is 0 Å². The second-order valence-corrected chi connectivity index (χ2v) is 5.79. The van der Waals surface area contributed by atoms with Crippen molar-refractivity contribution in [3.63, 3.8) is 0 Å². The Bertz CT molecular complexity index is 708. The van der Waals surface area contributed by atoms with Crippen molar-refractivity contribution in [1.82, 2.24) is 0 Å². The van der Waals surface area contributed by atoms with Gasteiger partial charge in [-0.2, -0.15) is 0 Å². The normalized spacial score (nSPS) is 19.0. The molecule has 0 bridgehead atoms. The molecule has 5 heteroatoms. The van der Waals surface area contributed by atoms with Gasteiger partial charge in [-0.1, -0.05) is 30.3 Å². The Labute approximate surface area is 139 Å². The molecular weight excluding hydrogens is 314 g/mol. The summed E-state index contributed by atoms with van der Waals surface area (Å²) < 4.78 is 38.6. The van der Waals surface area contributed by atoms with Crippen molar-refractivity contribution in [2.75, 3.05) is 6.61 Å². The monoisotopic (exact) mass is 332 g/mol. The number of esters is 1. The van der Waals surface area contributed by atoms with Gasteiger partial charge >= 0.3 is 5.97 Å². The number of hydrogen-bond acceptors (Lipinski definition) is 3. The molecule has 24 heavy (non-hydrogen) atoms. The molecule has 1 aliphatic carbocycles. The molecule has 2 aromatic rings. The molecule has 2 unspecified atom stereocenters. The van der Waals surface area contributed by atoms with Gasteiger partial charge in [-0.3, -0.25) is 4.79 Å². The molecule has 3 nitrogen and oxygen atoms in total. The fraction of sp³-hybridized carbons (Fsp3) is 0.316. The van der Waals surface area contributed by atoms with E-state index in [1.807, 2.05) is 30.3 Å². The zero-order valence-electron chi connectivity index (χ0n) is 13.3. The summed E-state index contributed by atoms with van der Waals surface area (Å²) in [5.74, 6) is -2.70. The average molecular weight is 332 g/mol. The fourth-order valence-corrected chi connectivity index (χ4v) is 2.73. The van der Waals surface area contributed by atoms with Crippen molar-refractivity contribution in [2.45, 2.75) is 25.9 Å². The Morgan fingerprint density at radius 3 is 2.46 bits per heavy atom. The number of carbonyl (C=O) groups excluding carboxylic acids is 1. The predicted molar refractivity (Wildman–Crippen MR) is 84.6 cm³/mol. The van der Waals surface area contributed by atoms with E-state index in [0.717, 1.165) is 5.56 Å². The summed E-state index contributed by atoms with van der Waals surface area (Å²) >= 11 is 0. The number of benzene rings is 2. The Hall–Kier alpha value is -2.43. The summed E-state index contributed by atoms with van der Waals surface area (Å²) in [6.07, 6.45) is 0.557. The van der Waals surface area contributed by atoms with Crippen molar-refractivity contribution in [3.8, 4) is 5.75 Å². The quantitative estimate of drug-likeness (QED) is 0.743. The highest BCUT2D eigenvalue weighted by Gasteiger charge is 2.45. The molecule has 0 saturated heterocycles. The topological polar surface area (TPSA) is 35.5 Å². The largest absolute Gasteiger partial charge is 0.483 e. The van der Waals surface area contributed by atoms with Crippen LogP contribution in [0, 0.1) is 17.6 Å². The van der Waals surface area contributed by atoms with Crippen LogP contribution < -0.4 is 4.74 Å². The molecule has 0 amide bonds. The maximum Gasteiger partial charge on any atom is 0.309 e. The number of halogens is 2. The van der Waals surface area contributed by atoms with Crippen LogP contribution in [0.25, 0.3) is 0 Å². The molecule has 3 rings (SSSR count). The van der Waals surface area contributed by atoms with E-state index in [0.29, 0.717) is 18.6 Å². The summed E-state index contributed by atoms with van der Waals surface area (Å²) in [5.41, 5.74) is 1.29. The smallest absolute Gasteiger partial charge is 0.309 e. The molecule has 2 aromatic carbocycles. The van der Waals surface area contributed by atoms with Crippen LogP contribution in [0.3, 0.4) is 0 Å². The summed E-state index contributed by atoms with van der Waals surface area (Å²) in [5, 5.41) is 0. The molecular formula is C19H18F2O3. The summed E-state index contributed by atoms with van der Waals surface area (Å²) in [6.45, 7) is 2.12. The molecule has 1 saturated carbocycles. The lowest BCUT2D eigenvalue weighted by atomic mass is 10.1. The van der Waals surface area contributed by atoms with E-state index >= 15 is 0 Å². The van der Waals surface area contributed by atoms with Crippen molar-refractivity contribution in [3.05, 3.63) is 65.2 Å². The molecule has 0 radical (unpaired) electrons. The number of hydrogen-bond donors (Lipinski definition) is 0. The standard InChI is InChI=1S/C19H18F2O3/c1-2-23-19(22)15-10-14(15)13-8-16(20)18(17(21)9-13)24-11-12-6-4-3-5-7-12/h3-9,14-15H,2,10-11H2,1H3. The molecule has 1 aliphatic rings. The minimum atomic E-state index is -0.754. The predicted octanol–water partition coefficient (Wildman–Crippen LogP) is 4.21. The Morgan fingerprint density at radius 1 is 1.17 bits per heavy atom. The minimum Gasteiger partial charge on any atom is -0.483 e. The first kappa shape index (κ1) is 16.4. The van der Waals surface area contributed by atoms with E-state index in [4.69, 9.17) is 9.47 Å². The van der Waals surface area contributed by atoms with Gasteiger partial charge in [0.25, 0.3) is 0 Å². The van der Waals surface area contributed by atoms with Crippen LogP contribution in [0.4, 0.5) is 8.78 Å². The molecule has 126 valence electrons. The lowest BCUT2D eigenvalue weighted by Gasteiger charge is -2.10. The Kier molecular flexibility index (Phi) is 4.79. The van der Waals surface area contributed by atoms with Crippen LogP contribution >= 0.6 is 0 Å². The third-order valence-electron chi connectivity index (χ3n) is 4.05. The summed E-state index contributed by atoms with van der Waals surface area (Å²) in [7, 11) is 0. The SMILES string of the molecule is CCOC(=O)C1CC1c1cc(F)c(OCc2ccccc2)c(F)c1. The molecule has 0 aromatic heterocycles. The fourth-order valence-electron chi connectivity index (χ4n) is 2.73. The van der Waals surface area contributed by atoms with Crippen LogP contribution in [0.1, 0.15) is 30.4 Å². The third-order valence-corrected chi connectivity index (χ3v) is 4.05. The Morgan fingerprint density at radius 2 is 1.83 bits per heavy atom. The second-order valence-electron chi connectivity index (χ2n) is 5.79. The van der Waals surface area contributed by atoms with E-state index in [2.05, 4.69) is 0 Å². The zero-order valence-corrected chi connectivity index (χ0v) is 13.3. The molecule has 0 aliphatic heterocycles. The van der Waals surface area contributed by atoms with Gasteiger partial charge < -0.3 is 9.47 Å². The van der Waals surface area contributed by atoms with Crippen molar-refractivity contribution >= 4 is 5.97 Å². The maximum absolute atomic E-state index is 14.2. The van der Waals surface area contributed by atoms with E-state index in [1.54, 1.807) is 6.92 Å². The second kappa shape index (κ2) is 6.99. The number of carbonyl (C=O) groups is 1. The summed E-state index contributed by atoms with van der Waals surface area (Å²) in [6, 6.07) is 11.6. The van der Waals surface area contributed by atoms with E-state index < -0.39 is 17.4 Å². The molecule has 2 atom stereocenters. The molecule has 0 spiro atoms. The highest BCUT2D eigenvalue weighted by atomic mass is 19.1. The first-order valence-corrected chi connectivity index (χ1v) is 7.92. The summed E-state index contributed by atoms with van der Waals surface area (Å²) in [4.78, 5) is 11.7. The lowest BCUT2D eigenvalue weighted by molar-refractivity contribution is -0.144. The van der Waals surface area contributed by atoms with E-state index in [1.165, 1.54) is 12.1 Å². The minimum absolute atomic E-state index is 0.0862. The van der Waals surface area contributed by atoms with Gasteiger partial charge in [-0.25, -0.2) is 8.78 Å². The van der Waals surface area contributed by atoms with Crippen LogP contribution in [0.15, 0.2) is 42.5 Å². The van der Waals surface area contributed by atoms with Crippen LogP contribution in [-0.4, -0.2) is 12.6 Å². The van der Waals surface area contributed by atoms with Crippen molar-refractivity contribution in [2.24, 2.45) is 5.92 Å². The van der Waals surface area contributed by atoms with Gasteiger partial charge in [0.15, 0.2) is 17.4 Å². The highest BCUT2D eigenvalue weighted by molar-refractivity contribution is 5.77. The number of rotatable bonds is 6. The zero-order chi connectivity index (χ0) is 17.1. The van der Waals surface area contributed by atoms with Crippen molar-refractivity contribution < 1.29 is 23.0 Å². The van der Waals surface area contributed by atoms with Gasteiger partial charge in [0.2, 0.25) is 0 Å². The van der Waals surface area contributed by atoms with E-state index in [9.17, 15) is 13.6 Å². The molecule has 0 heterocycles.